The summed E-state index contributed by atoms with van der Waals surface area (Å²) in [7, 11) is 0. The van der Waals surface area contributed by atoms with Gasteiger partial charge in [-0.05, 0) is 6.92 Å². The summed E-state index contributed by atoms with van der Waals surface area (Å²) in [6, 6.07) is 0.292. The molecule has 18 heavy (non-hydrogen) atoms. The molecule has 0 fully saturated rings. The summed E-state index contributed by atoms with van der Waals surface area (Å²) < 4.78 is 6.43. The molecule has 6 heteroatoms. The Morgan fingerprint density at radius 2 is 2.22 bits per heavy atom. The Morgan fingerprint density at radius 3 is 2.78 bits per heavy atom. The molecule has 0 spiro atoms. The van der Waals surface area contributed by atoms with E-state index in [1.165, 1.54) is 11.5 Å². The molecule has 0 aliphatic carbocycles. The average Bonchev–Trinajstić information content (AvgIpc) is 2.87. The normalized spacial score (nSPS) is 13.6. The Kier molecular flexibility index (Phi) is 3.65. The quantitative estimate of drug-likeness (QED) is 0.923. The molecule has 5 nitrogen and oxygen atoms in total. The lowest BCUT2D eigenvalue weighted by Crippen LogP contribution is -2.21. The number of anilines is 1. The van der Waals surface area contributed by atoms with Crippen molar-refractivity contribution in [2.24, 2.45) is 0 Å². The Morgan fingerprint density at radius 1 is 1.44 bits per heavy atom. The third-order valence-electron chi connectivity index (χ3n) is 2.51. The summed E-state index contributed by atoms with van der Waals surface area (Å²) >= 11 is 1.42. The van der Waals surface area contributed by atoms with Gasteiger partial charge in [0.1, 0.15) is 5.82 Å². The van der Waals surface area contributed by atoms with Crippen molar-refractivity contribution in [3.63, 3.8) is 0 Å². The van der Waals surface area contributed by atoms with E-state index in [0.29, 0.717) is 6.04 Å². The van der Waals surface area contributed by atoms with E-state index < -0.39 is 0 Å². The summed E-state index contributed by atoms with van der Waals surface area (Å²) in [5, 5.41) is 4.25. The van der Waals surface area contributed by atoms with Crippen molar-refractivity contribution in [2.75, 3.05) is 5.32 Å². The van der Waals surface area contributed by atoms with Gasteiger partial charge in [-0.15, -0.1) is 0 Å². The molecule has 0 aliphatic heterocycles. The molecule has 2 rings (SSSR count). The Hall–Kier alpha value is -1.43. The minimum absolute atomic E-state index is 0.00398. The molecule has 0 radical (unpaired) electrons. The number of hydrogen-bond acceptors (Lipinski definition) is 5. The van der Waals surface area contributed by atoms with Gasteiger partial charge in [0.05, 0.1) is 6.33 Å². The molecule has 1 unspecified atom stereocenters. The lowest BCUT2D eigenvalue weighted by atomic mass is 9.96. The fraction of sp³-hybridized carbons (Fsp3) is 0.583. The molecule has 0 saturated heterocycles. The molecule has 1 N–H and O–H groups in total. The van der Waals surface area contributed by atoms with E-state index in [1.807, 2.05) is 17.1 Å². The van der Waals surface area contributed by atoms with Crippen molar-refractivity contribution in [3.05, 3.63) is 24.5 Å². The Bertz CT molecular complexity index is 483. The van der Waals surface area contributed by atoms with Crippen LogP contribution in [0.3, 0.4) is 0 Å². The van der Waals surface area contributed by atoms with Gasteiger partial charge in [-0.25, -0.2) is 9.97 Å². The van der Waals surface area contributed by atoms with Gasteiger partial charge >= 0.3 is 0 Å². The van der Waals surface area contributed by atoms with Crippen molar-refractivity contribution in [1.82, 2.24) is 18.9 Å². The molecule has 0 amide bonds. The number of hydrogen-bond donors (Lipinski definition) is 1. The first-order valence-electron chi connectivity index (χ1n) is 6.01. The van der Waals surface area contributed by atoms with E-state index in [2.05, 4.69) is 47.4 Å². The summed E-state index contributed by atoms with van der Waals surface area (Å²) in [6.07, 6.45) is 5.56. The highest BCUT2D eigenvalue weighted by Gasteiger charge is 2.19. The minimum Gasteiger partial charge on any atom is -0.356 e. The van der Waals surface area contributed by atoms with Crippen molar-refractivity contribution >= 4 is 16.7 Å². The van der Waals surface area contributed by atoms with E-state index in [4.69, 9.17) is 0 Å². The highest BCUT2D eigenvalue weighted by molar-refractivity contribution is 7.09. The lowest BCUT2D eigenvalue weighted by Gasteiger charge is -2.14. The average molecular weight is 265 g/mol. The van der Waals surface area contributed by atoms with Gasteiger partial charge in [0.2, 0.25) is 5.13 Å². The van der Waals surface area contributed by atoms with Crippen LogP contribution in [-0.4, -0.2) is 25.0 Å². The summed E-state index contributed by atoms with van der Waals surface area (Å²) in [5.74, 6) is 0.893. The van der Waals surface area contributed by atoms with Crippen LogP contribution < -0.4 is 5.32 Å². The van der Waals surface area contributed by atoms with E-state index in [9.17, 15) is 0 Å². The van der Waals surface area contributed by atoms with Crippen molar-refractivity contribution in [2.45, 2.75) is 45.7 Å². The number of rotatable bonds is 4. The number of nitrogens with one attached hydrogen (secondary N) is 1. The van der Waals surface area contributed by atoms with Crippen LogP contribution in [0, 0.1) is 0 Å². The van der Waals surface area contributed by atoms with Crippen LogP contribution in [0.5, 0.6) is 0 Å². The topological polar surface area (TPSA) is 55.6 Å². The zero-order chi connectivity index (χ0) is 13.2. The van der Waals surface area contributed by atoms with E-state index in [0.717, 1.165) is 17.5 Å². The summed E-state index contributed by atoms with van der Waals surface area (Å²) in [6.45, 7) is 9.35. The number of imidazole rings is 1. The van der Waals surface area contributed by atoms with Crippen LogP contribution in [-0.2, 0) is 12.0 Å². The SMILES string of the molecule is CC(Cn1ccnc1)Nc1nc(C(C)(C)C)ns1. The second-order valence-electron chi connectivity index (χ2n) is 5.48. The minimum atomic E-state index is 0.00398. The summed E-state index contributed by atoms with van der Waals surface area (Å²) in [4.78, 5) is 8.55. The molecule has 2 heterocycles. The smallest absolute Gasteiger partial charge is 0.202 e. The van der Waals surface area contributed by atoms with Crippen molar-refractivity contribution in [1.29, 1.82) is 0 Å². The first kappa shape index (κ1) is 13.0. The molecule has 2 aromatic rings. The van der Waals surface area contributed by atoms with Crippen molar-refractivity contribution < 1.29 is 0 Å². The van der Waals surface area contributed by atoms with Crippen LogP contribution in [0.4, 0.5) is 5.13 Å². The fourth-order valence-corrected chi connectivity index (χ4v) is 2.42. The van der Waals surface area contributed by atoms with Crippen LogP contribution >= 0.6 is 11.5 Å². The predicted molar refractivity (Wildman–Crippen MR) is 73.9 cm³/mol. The van der Waals surface area contributed by atoms with E-state index in [-0.39, 0.29) is 5.41 Å². The van der Waals surface area contributed by atoms with Crippen LogP contribution in [0.2, 0.25) is 0 Å². The monoisotopic (exact) mass is 265 g/mol. The third-order valence-corrected chi connectivity index (χ3v) is 3.16. The highest BCUT2D eigenvalue weighted by Crippen LogP contribution is 2.23. The third kappa shape index (κ3) is 3.29. The predicted octanol–water partition coefficient (Wildman–Crippen LogP) is 2.53. The van der Waals surface area contributed by atoms with Gasteiger partial charge in [0, 0.05) is 41.9 Å². The van der Waals surface area contributed by atoms with E-state index >= 15 is 0 Å². The molecule has 0 aliphatic rings. The van der Waals surface area contributed by atoms with Crippen LogP contribution in [0.1, 0.15) is 33.5 Å². The molecule has 1 atom stereocenters. The Labute approximate surface area is 111 Å². The first-order chi connectivity index (χ1) is 8.45. The lowest BCUT2D eigenvalue weighted by molar-refractivity contribution is 0.554. The molecule has 0 aromatic carbocycles. The molecule has 2 aromatic heterocycles. The fourth-order valence-electron chi connectivity index (χ4n) is 1.55. The maximum atomic E-state index is 4.52. The molecular weight excluding hydrogens is 246 g/mol. The van der Waals surface area contributed by atoms with E-state index in [1.54, 1.807) is 6.20 Å². The zero-order valence-corrected chi connectivity index (χ0v) is 12.0. The van der Waals surface area contributed by atoms with Gasteiger partial charge in [-0.2, -0.15) is 4.37 Å². The molecule has 0 saturated carbocycles. The molecule has 98 valence electrons. The standard InChI is InChI=1S/C12H19N5S/c1-9(7-17-6-5-13-8-17)14-11-15-10(16-18-11)12(2,3)4/h5-6,8-9H,7H2,1-4H3,(H,14,15,16). The van der Waals surface area contributed by atoms with Gasteiger partial charge < -0.3 is 9.88 Å². The largest absolute Gasteiger partial charge is 0.356 e. The van der Waals surface area contributed by atoms with Gasteiger partial charge in [0.25, 0.3) is 0 Å². The number of nitrogens with zero attached hydrogens (tertiary/aromatic N) is 4. The van der Waals surface area contributed by atoms with Gasteiger partial charge in [-0.3, -0.25) is 0 Å². The second-order valence-corrected chi connectivity index (χ2v) is 6.23. The van der Waals surface area contributed by atoms with Gasteiger partial charge in [-0.1, -0.05) is 20.8 Å². The highest BCUT2D eigenvalue weighted by atomic mass is 32.1. The van der Waals surface area contributed by atoms with Crippen LogP contribution in [0.25, 0.3) is 0 Å². The zero-order valence-electron chi connectivity index (χ0n) is 11.2. The molecular formula is C12H19N5S. The maximum Gasteiger partial charge on any atom is 0.202 e. The Balaban J connectivity index is 1.95. The van der Waals surface area contributed by atoms with Gasteiger partial charge in [0.15, 0.2) is 0 Å². The number of aromatic nitrogens is 4. The molecule has 0 bridgehead atoms. The van der Waals surface area contributed by atoms with Crippen molar-refractivity contribution in [3.8, 4) is 0 Å². The maximum absolute atomic E-state index is 4.52. The van der Waals surface area contributed by atoms with Crippen LogP contribution in [0.15, 0.2) is 18.7 Å². The summed E-state index contributed by atoms with van der Waals surface area (Å²) in [5.41, 5.74) is 0.00398. The first-order valence-corrected chi connectivity index (χ1v) is 6.79. The second kappa shape index (κ2) is 5.06.